The van der Waals surface area contributed by atoms with Gasteiger partial charge < -0.3 is 36.8 Å². The summed E-state index contributed by atoms with van der Waals surface area (Å²) in [4.78, 5) is 25.7. The summed E-state index contributed by atoms with van der Waals surface area (Å²) in [6, 6.07) is 8.66. The number of amides is 2. The van der Waals surface area contributed by atoms with Gasteiger partial charge in [0.1, 0.15) is 22.1 Å². The van der Waals surface area contributed by atoms with Crippen molar-refractivity contribution in [2.45, 2.75) is 17.7 Å². The second kappa shape index (κ2) is 20.2. The van der Waals surface area contributed by atoms with Gasteiger partial charge in [-0.2, -0.15) is 8.42 Å². The lowest BCUT2D eigenvalue weighted by molar-refractivity contribution is -0.115. The smallest absolute Gasteiger partial charge is 0.295 e. The number of aromatic hydroxyl groups is 1. The van der Waals surface area contributed by atoms with E-state index in [9.17, 15) is 33.5 Å². The number of carbonyl (C=O) groups is 2. The summed E-state index contributed by atoms with van der Waals surface area (Å²) >= 11 is 6.24. The Bertz CT molecular complexity index is 1510. The third kappa shape index (κ3) is 15.2. The second-order valence-electron chi connectivity index (χ2n) is 8.91. The Kier molecular flexibility index (Phi) is 17.9. The average molecular weight is 816 g/mol. The molecule has 15 nitrogen and oxygen atoms in total. The molecule has 0 aromatic heterocycles. The van der Waals surface area contributed by atoms with Crippen molar-refractivity contribution in [3.05, 3.63) is 56.5 Å². The standard InChI is InChI=1S/C22H24Br2N4O8S3.C3H9N3/c23-15-9-13(1-3-19(15)29)11-17(27-32)21(30)25-5-7-37-38-8-6-26-22(31)18(28-33)12-14-2-4-20(16(24)10-14)39(34,35)36;1-6(2)3(4)5/h1-4,9-10,29,32-33H,5-8,11-12H2,(H,25,30)(H,26,31)(H,34,35,36);1-2H3,(H3,4,5)/b27-17+,28-18+;. The molecule has 0 radical (unpaired) electrons. The van der Waals surface area contributed by atoms with E-state index in [-0.39, 0.29) is 51.9 Å². The number of hydrogen-bond donors (Lipinski definition) is 8. The molecule has 0 aliphatic carbocycles. The van der Waals surface area contributed by atoms with E-state index in [4.69, 9.17) is 15.7 Å². The maximum Gasteiger partial charge on any atom is 0.295 e. The molecule has 2 aromatic carbocycles. The topological polar surface area (TPSA) is 251 Å². The van der Waals surface area contributed by atoms with Gasteiger partial charge in [0.2, 0.25) is 0 Å². The third-order valence-electron chi connectivity index (χ3n) is 5.30. The first-order chi connectivity index (χ1) is 21.1. The Morgan fingerprint density at radius 2 is 1.33 bits per heavy atom. The summed E-state index contributed by atoms with van der Waals surface area (Å²) < 4.78 is 32.3. The van der Waals surface area contributed by atoms with Crippen molar-refractivity contribution in [3.8, 4) is 5.75 Å². The van der Waals surface area contributed by atoms with E-state index >= 15 is 0 Å². The molecule has 9 N–H and O–H groups in total. The fourth-order valence-corrected chi connectivity index (χ4v) is 6.79. The lowest BCUT2D eigenvalue weighted by atomic mass is 10.1. The van der Waals surface area contributed by atoms with Gasteiger partial charge >= 0.3 is 0 Å². The van der Waals surface area contributed by atoms with Gasteiger partial charge in [-0.1, -0.05) is 44.0 Å². The highest BCUT2D eigenvalue weighted by molar-refractivity contribution is 9.10. The Hall–Kier alpha value is -3.04. The zero-order valence-electron chi connectivity index (χ0n) is 24.0. The van der Waals surface area contributed by atoms with Crippen LogP contribution in [0, 0.1) is 5.41 Å². The summed E-state index contributed by atoms with van der Waals surface area (Å²) in [7, 11) is 1.95. The van der Waals surface area contributed by atoms with Crippen LogP contribution in [-0.4, -0.2) is 101 Å². The van der Waals surface area contributed by atoms with Crippen LogP contribution in [0.15, 0.2) is 60.6 Å². The molecule has 45 heavy (non-hydrogen) atoms. The zero-order chi connectivity index (χ0) is 34.2. The first-order valence-electron chi connectivity index (χ1n) is 12.6. The number of rotatable bonds is 14. The van der Waals surface area contributed by atoms with Crippen molar-refractivity contribution >= 4 is 92.8 Å². The largest absolute Gasteiger partial charge is 0.507 e. The molecule has 0 unspecified atom stereocenters. The van der Waals surface area contributed by atoms with Crippen LogP contribution in [0.3, 0.4) is 0 Å². The number of hydrogen-bond acceptors (Lipinski definition) is 12. The third-order valence-corrected chi connectivity index (χ3v) is 10.2. The van der Waals surface area contributed by atoms with E-state index in [0.717, 1.165) is 0 Å². The Balaban J connectivity index is 0.00000153. The predicted molar refractivity (Wildman–Crippen MR) is 182 cm³/mol. The minimum atomic E-state index is -4.40. The van der Waals surface area contributed by atoms with Crippen LogP contribution in [0.4, 0.5) is 0 Å². The molecule has 0 spiro atoms. The maximum atomic E-state index is 12.3. The van der Waals surface area contributed by atoms with Gasteiger partial charge in [-0.15, -0.1) is 0 Å². The summed E-state index contributed by atoms with van der Waals surface area (Å²) in [6.45, 7) is 0.588. The fraction of sp³-hybridized carbons (Fsp3) is 0.320. The van der Waals surface area contributed by atoms with Gasteiger partial charge in [0.05, 0.1) is 4.47 Å². The number of phenolic OH excluding ortho intramolecular Hbond substituents is 1. The normalized spacial score (nSPS) is 11.7. The van der Waals surface area contributed by atoms with Crippen LogP contribution in [-0.2, 0) is 32.5 Å². The molecule has 2 rings (SSSR count). The van der Waals surface area contributed by atoms with Gasteiger partial charge in [-0.25, -0.2) is 0 Å². The summed E-state index contributed by atoms with van der Waals surface area (Å²) in [5.74, 6) is 0.107. The molecular formula is C25H33Br2N7O8S3. The summed E-state index contributed by atoms with van der Waals surface area (Å²) in [5.41, 5.74) is 5.85. The maximum absolute atomic E-state index is 12.3. The lowest BCUT2D eigenvalue weighted by Gasteiger charge is -2.09. The Morgan fingerprint density at radius 1 is 0.911 bits per heavy atom. The number of halogens is 2. The molecule has 20 heteroatoms. The fourth-order valence-electron chi connectivity index (χ4n) is 2.97. The predicted octanol–water partition coefficient (Wildman–Crippen LogP) is 2.66. The number of nitrogens with zero attached hydrogens (tertiary/aromatic N) is 3. The van der Waals surface area contributed by atoms with Crippen molar-refractivity contribution < 1.29 is 38.1 Å². The lowest BCUT2D eigenvalue weighted by Crippen LogP contribution is -2.34. The van der Waals surface area contributed by atoms with E-state index in [0.29, 0.717) is 33.7 Å². The number of oxime groups is 2. The second-order valence-corrected chi connectivity index (χ2v) is 14.7. The minimum absolute atomic E-state index is 0.0569. The van der Waals surface area contributed by atoms with Gasteiger partial charge in [-0.3, -0.25) is 19.6 Å². The monoisotopic (exact) mass is 813 g/mol. The average Bonchev–Trinajstić information content (AvgIpc) is 2.97. The summed E-state index contributed by atoms with van der Waals surface area (Å²) in [5, 5.41) is 46.0. The van der Waals surface area contributed by atoms with Crippen LogP contribution in [0.1, 0.15) is 11.1 Å². The zero-order valence-corrected chi connectivity index (χ0v) is 29.6. The molecular weight excluding hydrogens is 782 g/mol. The van der Waals surface area contributed by atoms with Crippen LogP contribution in [0.25, 0.3) is 0 Å². The molecule has 2 amide bonds. The van der Waals surface area contributed by atoms with Gasteiger partial charge in [0.15, 0.2) is 5.96 Å². The number of nitrogens with one attached hydrogen (secondary N) is 3. The minimum Gasteiger partial charge on any atom is -0.507 e. The van der Waals surface area contributed by atoms with Crippen LogP contribution < -0.4 is 16.4 Å². The van der Waals surface area contributed by atoms with E-state index < -0.39 is 21.9 Å². The van der Waals surface area contributed by atoms with Crippen molar-refractivity contribution in [1.29, 1.82) is 5.41 Å². The molecule has 0 atom stereocenters. The van der Waals surface area contributed by atoms with E-state index in [1.54, 1.807) is 26.2 Å². The first-order valence-corrected chi connectivity index (χ1v) is 18.1. The first kappa shape index (κ1) is 40.0. The van der Waals surface area contributed by atoms with Crippen molar-refractivity contribution in [2.24, 2.45) is 16.0 Å². The molecule has 2 aromatic rings. The van der Waals surface area contributed by atoms with Crippen LogP contribution in [0.2, 0.25) is 0 Å². The van der Waals surface area contributed by atoms with Gasteiger partial charge in [-0.05, 0) is 67.3 Å². The van der Waals surface area contributed by atoms with Crippen LogP contribution in [0.5, 0.6) is 5.75 Å². The molecule has 0 heterocycles. The van der Waals surface area contributed by atoms with Crippen molar-refractivity contribution in [1.82, 2.24) is 15.5 Å². The highest BCUT2D eigenvalue weighted by atomic mass is 79.9. The Labute approximate surface area is 285 Å². The highest BCUT2D eigenvalue weighted by Crippen LogP contribution is 2.25. The quantitative estimate of drug-likeness (QED) is 0.0261. The number of benzene rings is 2. The van der Waals surface area contributed by atoms with E-state index in [2.05, 4.69) is 52.8 Å². The molecule has 0 saturated carbocycles. The van der Waals surface area contributed by atoms with Gasteiger partial charge in [0.25, 0.3) is 21.9 Å². The number of phenols is 1. The SMILES string of the molecule is CN(C)C(=N)N.O=C(NCCSSCCNC(=O)/C(Cc1ccc(S(=O)(=O)O)c(Br)c1)=N/O)/C(Cc1ccc(O)c(Br)c1)=N/O. The molecule has 0 aliphatic heterocycles. The van der Waals surface area contributed by atoms with Crippen LogP contribution >= 0.6 is 53.4 Å². The highest BCUT2D eigenvalue weighted by Gasteiger charge is 2.18. The van der Waals surface area contributed by atoms with E-state index in [1.165, 1.54) is 50.8 Å². The molecule has 0 aliphatic rings. The Morgan fingerprint density at radius 3 is 1.69 bits per heavy atom. The number of guanidine groups is 1. The van der Waals surface area contributed by atoms with Gasteiger partial charge in [0, 0.05) is 56.0 Å². The molecule has 0 bridgehead atoms. The summed E-state index contributed by atoms with van der Waals surface area (Å²) in [6.07, 6.45) is 0.00647. The molecule has 0 saturated heterocycles. The van der Waals surface area contributed by atoms with E-state index in [1.807, 2.05) is 0 Å². The number of nitrogens with two attached hydrogens (primary N) is 1. The van der Waals surface area contributed by atoms with Crippen molar-refractivity contribution in [2.75, 3.05) is 38.7 Å². The molecule has 0 fully saturated rings. The number of carbonyl (C=O) groups excluding carboxylic acids is 2. The van der Waals surface area contributed by atoms with Crippen molar-refractivity contribution in [3.63, 3.8) is 0 Å². The molecule has 248 valence electrons.